The van der Waals surface area contributed by atoms with Gasteiger partial charge in [-0.05, 0) is 36.5 Å². The lowest BCUT2D eigenvalue weighted by Gasteiger charge is -2.29. The Morgan fingerprint density at radius 3 is 2.37 bits per heavy atom. The first-order valence-electron chi connectivity index (χ1n) is 6.99. The molecule has 0 heterocycles. The van der Waals surface area contributed by atoms with Crippen molar-refractivity contribution >= 4 is 9.84 Å². The molecule has 1 fully saturated rings. The molecule has 1 aromatic rings. The molecule has 1 saturated carbocycles. The first-order valence-corrected chi connectivity index (χ1v) is 8.88. The third-order valence-corrected chi connectivity index (χ3v) is 5.16. The second-order valence-corrected chi connectivity index (χ2v) is 7.68. The SMILES string of the molecule is CC1CCCCC1NCc1ccc(S(C)(=O)=O)cc1. The summed E-state index contributed by atoms with van der Waals surface area (Å²) in [4.78, 5) is 0.391. The van der Waals surface area contributed by atoms with Crippen LogP contribution in [-0.2, 0) is 16.4 Å². The van der Waals surface area contributed by atoms with Crippen molar-refractivity contribution in [2.75, 3.05) is 6.26 Å². The maximum Gasteiger partial charge on any atom is 0.175 e. The molecule has 2 unspecified atom stereocenters. The number of rotatable bonds is 4. The Morgan fingerprint density at radius 1 is 1.16 bits per heavy atom. The summed E-state index contributed by atoms with van der Waals surface area (Å²) in [5.74, 6) is 0.740. The van der Waals surface area contributed by atoms with E-state index < -0.39 is 9.84 Å². The largest absolute Gasteiger partial charge is 0.310 e. The van der Waals surface area contributed by atoms with Crippen molar-refractivity contribution in [3.05, 3.63) is 29.8 Å². The first kappa shape index (κ1) is 14.5. The van der Waals surface area contributed by atoms with Crippen LogP contribution in [0.5, 0.6) is 0 Å². The lowest BCUT2D eigenvalue weighted by molar-refractivity contribution is 0.279. The van der Waals surface area contributed by atoms with Gasteiger partial charge in [0.05, 0.1) is 4.90 Å². The van der Waals surface area contributed by atoms with Crippen LogP contribution >= 0.6 is 0 Å². The van der Waals surface area contributed by atoms with Gasteiger partial charge in [-0.1, -0.05) is 31.9 Å². The van der Waals surface area contributed by atoms with Crippen LogP contribution in [0.2, 0.25) is 0 Å². The molecule has 2 rings (SSSR count). The Kier molecular flexibility index (Phi) is 4.63. The summed E-state index contributed by atoms with van der Waals surface area (Å²) in [6, 6.07) is 7.78. The highest BCUT2D eigenvalue weighted by atomic mass is 32.2. The zero-order valence-corrected chi connectivity index (χ0v) is 12.5. The zero-order valence-electron chi connectivity index (χ0n) is 11.7. The maximum atomic E-state index is 11.4. The summed E-state index contributed by atoms with van der Waals surface area (Å²) < 4.78 is 22.8. The standard InChI is InChI=1S/C15H23NO2S/c1-12-5-3-4-6-15(12)16-11-13-7-9-14(10-8-13)19(2,17)18/h7-10,12,15-16H,3-6,11H2,1-2H3. The van der Waals surface area contributed by atoms with Gasteiger partial charge in [-0.3, -0.25) is 0 Å². The number of sulfone groups is 1. The highest BCUT2D eigenvalue weighted by molar-refractivity contribution is 7.90. The molecule has 0 aromatic heterocycles. The normalized spacial score (nSPS) is 24.3. The van der Waals surface area contributed by atoms with Gasteiger partial charge in [-0.15, -0.1) is 0 Å². The summed E-state index contributed by atoms with van der Waals surface area (Å²) in [5, 5.41) is 3.60. The van der Waals surface area contributed by atoms with Crippen LogP contribution < -0.4 is 5.32 Å². The molecule has 1 aliphatic rings. The van der Waals surface area contributed by atoms with E-state index in [4.69, 9.17) is 0 Å². The fourth-order valence-electron chi connectivity index (χ4n) is 2.72. The molecule has 0 radical (unpaired) electrons. The third kappa shape index (κ3) is 4.05. The molecule has 2 atom stereocenters. The van der Waals surface area contributed by atoms with Gasteiger partial charge >= 0.3 is 0 Å². The molecule has 3 nitrogen and oxygen atoms in total. The van der Waals surface area contributed by atoms with E-state index in [1.807, 2.05) is 12.1 Å². The minimum absolute atomic E-state index is 0.391. The lowest BCUT2D eigenvalue weighted by Crippen LogP contribution is -2.36. The third-order valence-electron chi connectivity index (χ3n) is 4.03. The van der Waals surface area contributed by atoms with Gasteiger partial charge in [0.15, 0.2) is 9.84 Å². The van der Waals surface area contributed by atoms with Crippen molar-refractivity contribution in [3.63, 3.8) is 0 Å². The van der Waals surface area contributed by atoms with Gasteiger partial charge in [0.1, 0.15) is 0 Å². The fourth-order valence-corrected chi connectivity index (χ4v) is 3.35. The van der Waals surface area contributed by atoms with Crippen molar-refractivity contribution in [2.45, 2.75) is 50.1 Å². The van der Waals surface area contributed by atoms with Crippen LogP contribution in [0, 0.1) is 5.92 Å². The van der Waals surface area contributed by atoms with E-state index in [9.17, 15) is 8.42 Å². The van der Waals surface area contributed by atoms with Gasteiger partial charge < -0.3 is 5.32 Å². The predicted molar refractivity (Wildman–Crippen MR) is 77.8 cm³/mol. The highest BCUT2D eigenvalue weighted by Gasteiger charge is 2.20. The quantitative estimate of drug-likeness (QED) is 0.923. The van der Waals surface area contributed by atoms with Gasteiger partial charge in [0, 0.05) is 18.8 Å². The molecule has 1 aromatic carbocycles. The molecule has 1 aliphatic carbocycles. The molecule has 1 N–H and O–H groups in total. The first-order chi connectivity index (χ1) is 8.97. The molecular formula is C15H23NO2S. The maximum absolute atomic E-state index is 11.4. The molecule has 19 heavy (non-hydrogen) atoms. The fraction of sp³-hybridized carbons (Fsp3) is 0.600. The Morgan fingerprint density at radius 2 is 1.79 bits per heavy atom. The minimum Gasteiger partial charge on any atom is -0.310 e. The van der Waals surface area contributed by atoms with Crippen molar-refractivity contribution in [1.82, 2.24) is 5.32 Å². The van der Waals surface area contributed by atoms with E-state index in [1.165, 1.54) is 31.9 Å². The summed E-state index contributed by atoms with van der Waals surface area (Å²) in [6.45, 7) is 3.13. The highest BCUT2D eigenvalue weighted by Crippen LogP contribution is 2.24. The molecule has 0 spiro atoms. The van der Waals surface area contributed by atoms with Crippen LogP contribution in [-0.4, -0.2) is 20.7 Å². The molecular weight excluding hydrogens is 258 g/mol. The van der Waals surface area contributed by atoms with Crippen LogP contribution in [0.4, 0.5) is 0 Å². The van der Waals surface area contributed by atoms with Crippen LogP contribution in [0.3, 0.4) is 0 Å². The number of hydrogen-bond acceptors (Lipinski definition) is 3. The average Bonchev–Trinajstić information content (AvgIpc) is 2.37. The van der Waals surface area contributed by atoms with E-state index >= 15 is 0 Å². The van der Waals surface area contributed by atoms with E-state index in [-0.39, 0.29) is 0 Å². The Bertz CT molecular complexity index is 507. The summed E-state index contributed by atoms with van der Waals surface area (Å²) >= 11 is 0. The predicted octanol–water partition coefficient (Wildman–Crippen LogP) is 2.76. The summed E-state index contributed by atoms with van der Waals surface area (Å²) in [6.07, 6.45) is 6.47. The Hall–Kier alpha value is -0.870. The smallest absolute Gasteiger partial charge is 0.175 e. The molecule has 4 heteroatoms. The molecule has 106 valence electrons. The number of benzene rings is 1. The van der Waals surface area contributed by atoms with Crippen LogP contribution in [0.15, 0.2) is 29.2 Å². The summed E-state index contributed by atoms with van der Waals surface area (Å²) in [7, 11) is -3.08. The number of hydrogen-bond donors (Lipinski definition) is 1. The number of nitrogens with one attached hydrogen (secondary N) is 1. The average molecular weight is 281 g/mol. The molecule has 0 aliphatic heterocycles. The van der Waals surface area contributed by atoms with Gasteiger partial charge in [-0.2, -0.15) is 0 Å². The van der Waals surface area contributed by atoms with Crippen molar-refractivity contribution in [3.8, 4) is 0 Å². The zero-order chi connectivity index (χ0) is 13.9. The van der Waals surface area contributed by atoms with Gasteiger partial charge in [-0.25, -0.2) is 8.42 Å². The van der Waals surface area contributed by atoms with Gasteiger partial charge in [0.2, 0.25) is 0 Å². The van der Waals surface area contributed by atoms with Crippen molar-refractivity contribution in [1.29, 1.82) is 0 Å². The molecule has 0 bridgehead atoms. The second kappa shape index (κ2) is 6.06. The Balaban J connectivity index is 1.93. The van der Waals surface area contributed by atoms with Gasteiger partial charge in [0.25, 0.3) is 0 Å². The van der Waals surface area contributed by atoms with Crippen LogP contribution in [0.25, 0.3) is 0 Å². The lowest BCUT2D eigenvalue weighted by atomic mass is 9.86. The van der Waals surface area contributed by atoms with E-state index in [0.29, 0.717) is 10.9 Å². The van der Waals surface area contributed by atoms with Crippen molar-refractivity contribution in [2.24, 2.45) is 5.92 Å². The van der Waals surface area contributed by atoms with E-state index in [1.54, 1.807) is 12.1 Å². The topological polar surface area (TPSA) is 46.2 Å². The van der Waals surface area contributed by atoms with Crippen LogP contribution in [0.1, 0.15) is 38.2 Å². The molecule has 0 amide bonds. The van der Waals surface area contributed by atoms with E-state index in [2.05, 4.69) is 12.2 Å². The Labute approximate surface area is 116 Å². The van der Waals surface area contributed by atoms with E-state index in [0.717, 1.165) is 18.0 Å². The molecule has 0 saturated heterocycles. The minimum atomic E-state index is -3.08. The van der Waals surface area contributed by atoms with Crippen molar-refractivity contribution < 1.29 is 8.42 Å². The monoisotopic (exact) mass is 281 g/mol. The summed E-state index contributed by atoms with van der Waals surface area (Å²) in [5.41, 5.74) is 1.14. The second-order valence-electron chi connectivity index (χ2n) is 5.67.